The van der Waals surface area contributed by atoms with Crippen LogP contribution in [0.3, 0.4) is 0 Å². The van der Waals surface area contributed by atoms with Gasteiger partial charge < -0.3 is 30.0 Å². The second-order valence-electron chi connectivity index (χ2n) is 8.81. The van der Waals surface area contributed by atoms with Crippen LogP contribution in [0.25, 0.3) is 11.3 Å². The Morgan fingerprint density at radius 3 is 2.97 bits per heavy atom. The van der Waals surface area contributed by atoms with E-state index in [0.717, 1.165) is 25.1 Å². The number of H-pyrrole nitrogens is 1. The normalized spacial score (nSPS) is 17.7. The van der Waals surface area contributed by atoms with Crippen molar-refractivity contribution >= 4 is 28.9 Å². The summed E-state index contributed by atoms with van der Waals surface area (Å²) < 4.78 is 37.2. The molecule has 8 nitrogen and oxygen atoms in total. The minimum Gasteiger partial charge on any atom is -0.490 e. The Morgan fingerprint density at radius 1 is 1.33 bits per heavy atom. The van der Waals surface area contributed by atoms with E-state index in [1.165, 1.54) is 6.07 Å². The molecule has 1 saturated heterocycles. The smallest absolute Gasteiger partial charge is 0.387 e. The molecule has 1 aromatic carbocycles. The number of para-hydroxylation sites is 1. The SMILES string of the molecule is CN1CCCC1COc1cnccc1-c1[nH]c2c(c1Nc1cccc(Cl)c1OC(F)F)C(=O)NCC2. The summed E-state index contributed by atoms with van der Waals surface area (Å²) in [6, 6.07) is 6.73. The second kappa shape index (κ2) is 10.3. The summed E-state index contributed by atoms with van der Waals surface area (Å²) in [6.07, 6.45) is 6.04. The minimum atomic E-state index is -3.07. The van der Waals surface area contributed by atoms with E-state index in [2.05, 4.69) is 32.5 Å². The number of hydrogen-bond donors (Lipinski definition) is 3. The number of benzene rings is 1. The van der Waals surface area contributed by atoms with Crippen molar-refractivity contribution in [3.05, 3.63) is 52.9 Å². The number of anilines is 2. The number of ether oxygens (including phenoxy) is 2. The van der Waals surface area contributed by atoms with E-state index in [1.54, 1.807) is 30.6 Å². The largest absolute Gasteiger partial charge is 0.490 e. The Kier molecular flexibility index (Phi) is 6.97. The molecule has 3 N–H and O–H groups in total. The summed E-state index contributed by atoms with van der Waals surface area (Å²) >= 11 is 6.17. The number of halogens is 3. The van der Waals surface area contributed by atoms with Crippen molar-refractivity contribution in [2.24, 2.45) is 0 Å². The van der Waals surface area contributed by atoms with Gasteiger partial charge in [0.15, 0.2) is 5.75 Å². The van der Waals surface area contributed by atoms with Gasteiger partial charge in [0.25, 0.3) is 5.91 Å². The predicted molar refractivity (Wildman–Crippen MR) is 133 cm³/mol. The van der Waals surface area contributed by atoms with Crippen LogP contribution in [0.15, 0.2) is 36.7 Å². The highest BCUT2D eigenvalue weighted by Gasteiger charge is 2.29. The molecule has 0 radical (unpaired) electrons. The number of nitrogens with zero attached hydrogens (tertiary/aromatic N) is 2. The van der Waals surface area contributed by atoms with Crippen molar-refractivity contribution in [3.8, 4) is 22.8 Å². The van der Waals surface area contributed by atoms with Crippen molar-refractivity contribution in [2.45, 2.75) is 31.9 Å². The number of hydrogen-bond acceptors (Lipinski definition) is 6. The number of carbonyl (C=O) groups is 1. The maximum Gasteiger partial charge on any atom is 0.387 e. The Morgan fingerprint density at radius 2 is 2.19 bits per heavy atom. The van der Waals surface area contributed by atoms with Crippen LogP contribution in [-0.4, -0.2) is 60.2 Å². The Bertz CT molecular complexity index is 1270. The molecule has 4 heterocycles. The van der Waals surface area contributed by atoms with Crippen molar-refractivity contribution in [1.29, 1.82) is 0 Å². The van der Waals surface area contributed by atoms with E-state index < -0.39 is 6.61 Å². The van der Waals surface area contributed by atoms with Gasteiger partial charge in [0.05, 0.1) is 33.9 Å². The first-order valence-electron chi connectivity index (χ1n) is 11.7. The lowest BCUT2D eigenvalue weighted by molar-refractivity contribution is -0.0492. The van der Waals surface area contributed by atoms with Crippen molar-refractivity contribution in [1.82, 2.24) is 20.2 Å². The van der Waals surface area contributed by atoms with Gasteiger partial charge in [-0.1, -0.05) is 17.7 Å². The zero-order chi connectivity index (χ0) is 25.2. The fraction of sp³-hybridized carbons (Fsp3) is 0.360. The number of alkyl halides is 2. The third-order valence-electron chi connectivity index (χ3n) is 6.56. The van der Waals surface area contributed by atoms with Gasteiger partial charge >= 0.3 is 6.61 Å². The van der Waals surface area contributed by atoms with Crippen LogP contribution in [0.4, 0.5) is 20.2 Å². The van der Waals surface area contributed by atoms with E-state index in [0.29, 0.717) is 53.9 Å². The summed E-state index contributed by atoms with van der Waals surface area (Å²) in [4.78, 5) is 22.8. The summed E-state index contributed by atoms with van der Waals surface area (Å²) in [5.41, 5.74) is 3.02. The first kappa shape index (κ1) is 24.3. The first-order valence-corrected chi connectivity index (χ1v) is 12.1. The van der Waals surface area contributed by atoms with Gasteiger partial charge in [-0.15, -0.1) is 0 Å². The Labute approximate surface area is 211 Å². The quantitative estimate of drug-likeness (QED) is 0.396. The maximum absolute atomic E-state index is 13.1. The molecule has 2 aliphatic rings. The van der Waals surface area contributed by atoms with Crippen LogP contribution in [0.2, 0.25) is 5.02 Å². The molecule has 0 aliphatic carbocycles. The van der Waals surface area contributed by atoms with Crippen LogP contribution in [-0.2, 0) is 6.42 Å². The highest BCUT2D eigenvalue weighted by atomic mass is 35.5. The number of likely N-dealkylation sites (N-methyl/N-ethyl adjacent to an activating group) is 1. The molecule has 0 spiro atoms. The number of amides is 1. The number of pyridine rings is 1. The molecule has 36 heavy (non-hydrogen) atoms. The van der Waals surface area contributed by atoms with Crippen LogP contribution < -0.4 is 20.1 Å². The molecule has 2 aliphatic heterocycles. The van der Waals surface area contributed by atoms with Crippen molar-refractivity contribution in [2.75, 3.05) is 32.1 Å². The number of nitrogens with one attached hydrogen (secondary N) is 3. The molecule has 2 aromatic heterocycles. The number of likely N-dealkylation sites (tertiary alicyclic amines) is 1. The summed E-state index contributed by atoms with van der Waals surface area (Å²) in [6.45, 7) is -1.05. The van der Waals surface area contributed by atoms with Crippen LogP contribution >= 0.6 is 11.6 Å². The van der Waals surface area contributed by atoms with Gasteiger partial charge in [0, 0.05) is 36.5 Å². The molecule has 1 unspecified atom stereocenters. The van der Waals surface area contributed by atoms with Crippen LogP contribution in [0.1, 0.15) is 28.9 Å². The highest BCUT2D eigenvalue weighted by molar-refractivity contribution is 6.32. The van der Waals surface area contributed by atoms with Gasteiger partial charge in [0.2, 0.25) is 0 Å². The molecule has 190 valence electrons. The maximum atomic E-state index is 13.1. The molecule has 1 atom stereocenters. The van der Waals surface area contributed by atoms with Gasteiger partial charge in [-0.25, -0.2) is 0 Å². The molecule has 3 aromatic rings. The topological polar surface area (TPSA) is 91.5 Å². The van der Waals surface area contributed by atoms with Gasteiger partial charge in [-0.3, -0.25) is 9.78 Å². The standard InChI is InChI=1S/C25H26ClF2N5O3/c1-33-11-3-4-14(33)13-35-19-12-29-9-7-15(19)21-22(20-17(31-21)8-10-30-24(20)34)32-18-6-2-5-16(26)23(18)36-25(27)28/h2,5-7,9,12,14,25,31-32H,3-4,8,10-11,13H2,1H3,(H,30,34). The van der Waals surface area contributed by atoms with Gasteiger partial charge in [-0.2, -0.15) is 8.78 Å². The molecule has 1 fully saturated rings. The van der Waals surface area contributed by atoms with E-state index in [4.69, 9.17) is 21.1 Å². The fourth-order valence-corrected chi connectivity index (χ4v) is 4.95. The lowest BCUT2D eigenvalue weighted by Crippen LogP contribution is -2.31. The van der Waals surface area contributed by atoms with E-state index in [9.17, 15) is 13.6 Å². The summed E-state index contributed by atoms with van der Waals surface area (Å²) in [7, 11) is 2.08. The third kappa shape index (κ3) is 4.83. The van der Waals surface area contributed by atoms with Crippen LogP contribution in [0.5, 0.6) is 11.5 Å². The number of fused-ring (bicyclic) bond motifs is 1. The monoisotopic (exact) mass is 517 g/mol. The van der Waals surface area contributed by atoms with Crippen molar-refractivity contribution < 1.29 is 23.0 Å². The summed E-state index contributed by atoms with van der Waals surface area (Å²) in [5, 5.41) is 6.00. The van der Waals surface area contributed by atoms with E-state index in [1.807, 2.05) is 0 Å². The number of rotatable bonds is 8. The lowest BCUT2D eigenvalue weighted by Gasteiger charge is -2.21. The average Bonchev–Trinajstić information content (AvgIpc) is 3.43. The first-order chi connectivity index (χ1) is 17.4. The molecule has 11 heteroatoms. The van der Waals surface area contributed by atoms with Crippen molar-refractivity contribution in [3.63, 3.8) is 0 Å². The number of carbonyl (C=O) groups excluding carboxylic acids is 1. The third-order valence-corrected chi connectivity index (χ3v) is 6.85. The molecule has 5 rings (SSSR count). The lowest BCUT2D eigenvalue weighted by atomic mass is 10.0. The summed E-state index contributed by atoms with van der Waals surface area (Å²) in [5.74, 6) is 0.0699. The zero-order valence-corrected chi connectivity index (χ0v) is 20.4. The molecular formula is C25H26ClF2N5O3. The fourth-order valence-electron chi connectivity index (χ4n) is 4.73. The second-order valence-corrected chi connectivity index (χ2v) is 9.22. The molecule has 0 bridgehead atoms. The minimum absolute atomic E-state index is 0.0179. The Hall–Kier alpha value is -3.37. The molecule has 0 saturated carbocycles. The average molecular weight is 518 g/mol. The van der Waals surface area contributed by atoms with E-state index in [-0.39, 0.29) is 22.4 Å². The molecular weight excluding hydrogens is 492 g/mol. The zero-order valence-electron chi connectivity index (χ0n) is 19.6. The molecule has 1 amide bonds. The number of aromatic amines is 1. The predicted octanol–water partition coefficient (Wildman–Crippen LogP) is 4.83. The van der Waals surface area contributed by atoms with Gasteiger partial charge in [-0.05, 0) is 44.6 Å². The van der Waals surface area contributed by atoms with Crippen LogP contribution in [0, 0.1) is 0 Å². The highest BCUT2D eigenvalue weighted by Crippen LogP contribution is 2.43. The Balaban J connectivity index is 1.56. The van der Waals surface area contributed by atoms with E-state index >= 15 is 0 Å². The number of aromatic nitrogens is 2. The van der Waals surface area contributed by atoms with Gasteiger partial charge in [0.1, 0.15) is 12.4 Å².